The monoisotopic (exact) mass is 527 g/mol. The summed E-state index contributed by atoms with van der Waals surface area (Å²) < 4.78 is 65.2. The molecule has 6 rings (SSSR count). The standard InChI is InChI=1S/C29H25F4NO4/c30-26-11-17(29(31,32)33)9-10-25(26)28(36)12-18-14-37-15-19(13-28)34(18)27(35)38-16-24-22-7-3-1-5-20(22)21-6-2-4-8-23(21)24/h1-11,18-19,24,36H,12-16H2. The Hall–Kier alpha value is -3.43. The first-order valence-electron chi connectivity index (χ1n) is 12.5. The van der Waals surface area contributed by atoms with Gasteiger partial charge < -0.3 is 14.6 Å². The molecule has 2 fully saturated rings. The fourth-order valence-electron chi connectivity index (χ4n) is 6.23. The molecule has 9 heteroatoms. The van der Waals surface area contributed by atoms with E-state index in [4.69, 9.17) is 9.47 Å². The minimum atomic E-state index is -4.69. The molecule has 0 spiro atoms. The molecule has 1 amide bonds. The van der Waals surface area contributed by atoms with E-state index in [0.29, 0.717) is 6.07 Å². The van der Waals surface area contributed by atoms with Crippen LogP contribution in [0.1, 0.15) is 41.0 Å². The number of amides is 1. The highest BCUT2D eigenvalue weighted by molar-refractivity contribution is 5.79. The topological polar surface area (TPSA) is 59.0 Å². The number of rotatable bonds is 3. The number of ether oxygens (including phenoxy) is 2. The van der Waals surface area contributed by atoms with E-state index >= 15 is 0 Å². The van der Waals surface area contributed by atoms with E-state index in [9.17, 15) is 27.5 Å². The van der Waals surface area contributed by atoms with Gasteiger partial charge in [0.2, 0.25) is 0 Å². The summed E-state index contributed by atoms with van der Waals surface area (Å²) in [5, 5.41) is 11.4. The largest absolute Gasteiger partial charge is 0.448 e. The maximum Gasteiger partial charge on any atom is 0.416 e. The second kappa shape index (κ2) is 9.10. The van der Waals surface area contributed by atoms with Crippen molar-refractivity contribution in [3.63, 3.8) is 0 Å². The highest BCUT2D eigenvalue weighted by Gasteiger charge is 2.50. The summed E-state index contributed by atoms with van der Waals surface area (Å²) in [5.74, 6) is -1.25. The minimum Gasteiger partial charge on any atom is -0.448 e. The Morgan fingerprint density at radius 3 is 2.11 bits per heavy atom. The maximum absolute atomic E-state index is 14.8. The summed E-state index contributed by atoms with van der Waals surface area (Å²) in [4.78, 5) is 14.9. The molecule has 5 nitrogen and oxygen atoms in total. The average Bonchev–Trinajstić information content (AvgIpc) is 3.20. The number of benzene rings is 3. The number of carbonyl (C=O) groups excluding carboxylic acids is 1. The van der Waals surface area contributed by atoms with Gasteiger partial charge in [-0.3, -0.25) is 4.90 Å². The lowest BCUT2D eigenvalue weighted by Gasteiger charge is -2.51. The third-order valence-electron chi connectivity index (χ3n) is 7.90. The predicted molar refractivity (Wildman–Crippen MR) is 130 cm³/mol. The van der Waals surface area contributed by atoms with Crippen molar-refractivity contribution in [1.29, 1.82) is 0 Å². The van der Waals surface area contributed by atoms with Crippen LogP contribution in [0.5, 0.6) is 0 Å². The van der Waals surface area contributed by atoms with Crippen molar-refractivity contribution in [3.8, 4) is 11.1 Å². The van der Waals surface area contributed by atoms with Gasteiger partial charge in [0.25, 0.3) is 0 Å². The molecule has 2 bridgehead atoms. The molecule has 1 N–H and O–H groups in total. The Labute approximate surface area is 216 Å². The van der Waals surface area contributed by atoms with Crippen molar-refractivity contribution in [3.05, 3.63) is 94.8 Å². The number of hydrogen-bond acceptors (Lipinski definition) is 4. The van der Waals surface area contributed by atoms with Crippen molar-refractivity contribution >= 4 is 6.09 Å². The normalized spacial score (nSPS) is 24.6. The molecule has 1 aliphatic carbocycles. The van der Waals surface area contributed by atoms with Crippen molar-refractivity contribution in [2.45, 2.75) is 42.6 Å². The van der Waals surface area contributed by atoms with Gasteiger partial charge in [0.1, 0.15) is 12.4 Å². The van der Waals surface area contributed by atoms with Gasteiger partial charge in [-0.15, -0.1) is 0 Å². The molecule has 0 aromatic heterocycles. The van der Waals surface area contributed by atoms with E-state index in [-0.39, 0.29) is 44.1 Å². The molecular formula is C29H25F4NO4. The molecule has 0 radical (unpaired) electrons. The smallest absolute Gasteiger partial charge is 0.416 e. The molecule has 2 unspecified atom stereocenters. The lowest BCUT2D eigenvalue weighted by atomic mass is 9.76. The van der Waals surface area contributed by atoms with Gasteiger partial charge >= 0.3 is 12.3 Å². The number of carbonyl (C=O) groups is 1. The number of aliphatic hydroxyl groups is 1. The zero-order chi connectivity index (χ0) is 26.7. The van der Waals surface area contributed by atoms with E-state index in [1.807, 2.05) is 48.5 Å². The lowest BCUT2D eigenvalue weighted by Crippen LogP contribution is -2.62. The Bertz CT molecular complexity index is 1330. The van der Waals surface area contributed by atoms with Crippen LogP contribution in [0.2, 0.25) is 0 Å². The summed E-state index contributed by atoms with van der Waals surface area (Å²) >= 11 is 0. The number of nitrogens with zero attached hydrogens (tertiary/aromatic N) is 1. The van der Waals surface area contributed by atoms with Crippen molar-refractivity contribution < 1.29 is 36.9 Å². The number of hydrogen-bond donors (Lipinski definition) is 1. The van der Waals surface area contributed by atoms with E-state index in [0.717, 1.165) is 34.4 Å². The van der Waals surface area contributed by atoms with E-state index in [2.05, 4.69) is 0 Å². The van der Waals surface area contributed by atoms with Gasteiger partial charge in [-0.25, -0.2) is 9.18 Å². The minimum absolute atomic E-state index is 0.0873. The van der Waals surface area contributed by atoms with Crippen LogP contribution in [0, 0.1) is 5.82 Å². The van der Waals surface area contributed by atoms with Gasteiger partial charge in [-0.1, -0.05) is 54.6 Å². The van der Waals surface area contributed by atoms with Crippen LogP contribution in [0.25, 0.3) is 11.1 Å². The summed E-state index contributed by atoms with van der Waals surface area (Å²) in [6.07, 6.45) is -5.42. The summed E-state index contributed by atoms with van der Waals surface area (Å²) in [5.41, 5.74) is 1.29. The molecule has 3 aliphatic rings. The fourth-order valence-corrected chi connectivity index (χ4v) is 6.23. The quantitative estimate of drug-likeness (QED) is 0.435. The Morgan fingerprint density at radius 2 is 1.55 bits per heavy atom. The molecular weight excluding hydrogens is 502 g/mol. The number of halogens is 4. The highest BCUT2D eigenvalue weighted by atomic mass is 19.4. The van der Waals surface area contributed by atoms with Crippen LogP contribution in [-0.2, 0) is 21.3 Å². The third-order valence-corrected chi connectivity index (χ3v) is 7.90. The molecule has 2 heterocycles. The fraction of sp³-hybridized carbons (Fsp3) is 0.345. The molecule has 3 aromatic carbocycles. The maximum atomic E-state index is 14.8. The molecule has 198 valence electrons. The Kier molecular flexibility index (Phi) is 5.96. The molecule has 2 aliphatic heterocycles. The second-order valence-corrected chi connectivity index (χ2v) is 10.2. The lowest BCUT2D eigenvalue weighted by molar-refractivity contribution is -0.140. The third kappa shape index (κ3) is 4.14. The van der Waals surface area contributed by atoms with Crippen LogP contribution >= 0.6 is 0 Å². The molecule has 38 heavy (non-hydrogen) atoms. The Morgan fingerprint density at radius 1 is 0.974 bits per heavy atom. The molecule has 2 atom stereocenters. The summed E-state index contributed by atoms with van der Waals surface area (Å²) in [6, 6.07) is 16.9. The van der Waals surface area contributed by atoms with E-state index < -0.39 is 41.3 Å². The number of alkyl halides is 3. The Balaban J connectivity index is 1.20. The highest BCUT2D eigenvalue weighted by Crippen LogP contribution is 2.46. The van der Waals surface area contributed by atoms with Crippen LogP contribution in [-0.4, -0.2) is 48.0 Å². The van der Waals surface area contributed by atoms with E-state index in [1.165, 1.54) is 4.90 Å². The number of morpholine rings is 1. The van der Waals surface area contributed by atoms with Crippen LogP contribution in [0.4, 0.5) is 22.4 Å². The van der Waals surface area contributed by atoms with Gasteiger partial charge in [0, 0.05) is 24.3 Å². The van der Waals surface area contributed by atoms with Gasteiger partial charge in [-0.2, -0.15) is 13.2 Å². The SMILES string of the molecule is O=C(OCC1c2ccccc2-c2ccccc21)N1C2COCC1CC(O)(c1ccc(C(F)(F)F)cc1F)C2. The van der Waals surface area contributed by atoms with Gasteiger partial charge in [-0.05, 0) is 34.4 Å². The summed E-state index contributed by atoms with van der Waals surface area (Å²) in [7, 11) is 0. The summed E-state index contributed by atoms with van der Waals surface area (Å²) in [6.45, 7) is 0.331. The zero-order valence-corrected chi connectivity index (χ0v) is 20.2. The number of piperidine rings is 1. The van der Waals surface area contributed by atoms with Crippen molar-refractivity contribution in [2.75, 3.05) is 19.8 Å². The molecule has 0 saturated carbocycles. The first-order valence-corrected chi connectivity index (χ1v) is 12.5. The van der Waals surface area contributed by atoms with Crippen molar-refractivity contribution in [2.24, 2.45) is 0 Å². The van der Waals surface area contributed by atoms with Crippen LogP contribution in [0.3, 0.4) is 0 Å². The molecule has 3 aromatic rings. The molecule has 2 saturated heterocycles. The van der Waals surface area contributed by atoms with E-state index in [1.54, 1.807) is 0 Å². The van der Waals surface area contributed by atoms with Gasteiger partial charge in [0.05, 0.1) is 36.5 Å². The number of fused-ring (bicyclic) bond motifs is 5. The average molecular weight is 528 g/mol. The zero-order valence-electron chi connectivity index (χ0n) is 20.2. The predicted octanol–water partition coefficient (Wildman–Crippen LogP) is 5.84. The first kappa shape index (κ1) is 24.9. The van der Waals surface area contributed by atoms with Gasteiger partial charge in [0.15, 0.2) is 0 Å². The van der Waals surface area contributed by atoms with Crippen molar-refractivity contribution in [1.82, 2.24) is 4.90 Å². The van der Waals surface area contributed by atoms with Crippen LogP contribution < -0.4 is 0 Å². The first-order chi connectivity index (χ1) is 18.2. The van der Waals surface area contributed by atoms with Crippen LogP contribution in [0.15, 0.2) is 66.7 Å². The second-order valence-electron chi connectivity index (χ2n) is 10.2.